The van der Waals surface area contributed by atoms with E-state index in [4.69, 9.17) is 4.74 Å². The molecule has 1 amide bonds. The molecule has 4 bridgehead atoms. The van der Waals surface area contributed by atoms with E-state index in [1.807, 2.05) is 18.2 Å². The normalized spacial score (nSPS) is 16.2. The van der Waals surface area contributed by atoms with Gasteiger partial charge >= 0.3 is 0 Å². The Labute approximate surface area is 201 Å². The van der Waals surface area contributed by atoms with Crippen molar-refractivity contribution in [3.63, 3.8) is 0 Å². The second-order valence-corrected chi connectivity index (χ2v) is 8.80. The standard InChI is InChI=1S/C27H24FN5O2/c1-35-26-19(28)6-3-7-20(26)32-25-22-23-16(13-30-27(22)34)9-8-15-4-2-5-17(12-15)31-21-14-29-11-10-18(21)24(25)33-23/h2-7,10-12,14,16,31-33H,8-9,13H2,1H3,(H,30,34). The average molecular weight is 470 g/mol. The third kappa shape index (κ3) is 3.67. The van der Waals surface area contributed by atoms with Crippen LogP contribution in [0.15, 0.2) is 60.9 Å². The van der Waals surface area contributed by atoms with Gasteiger partial charge in [0.25, 0.3) is 5.91 Å². The van der Waals surface area contributed by atoms with E-state index in [1.54, 1.807) is 24.5 Å². The maximum Gasteiger partial charge on any atom is 0.255 e. The monoisotopic (exact) mass is 469 g/mol. The van der Waals surface area contributed by atoms with Crippen molar-refractivity contribution in [3.05, 3.63) is 83.6 Å². The van der Waals surface area contributed by atoms with Crippen LogP contribution < -0.4 is 20.7 Å². The molecular formula is C27H24FN5O2. The SMILES string of the molecule is COc1c(F)cccc1Nc1c2[nH]c3c1C(=O)NCC3CCc1cccc(c1)Nc1cnccc1-2. The zero-order valence-corrected chi connectivity index (χ0v) is 19.1. The van der Waals surface area contributed by atoms with Crippen LogP contribution in [0, 0.1) is 5.82 Å². The lowest BCUT2D eigenvalue weighted by atomic mass is 9.90. The predicted octanol–water partition coefficient (Wildman–Crippen LogP) is 5.48. The van der Waals surface area contributed by atoms with Crippen molar-refractivity contribution in [2.24, 2.45) is 0 Å². The van der Waals surface area contributed by atoms with Gasteiger partial charge in [-0.2, -0.15) is 0 Å². The largest absolute Gasteiger partial charge is 0.492 e. The number of fused-ring (bicyclic) bond motifs is 5. The molecule has 7 nitrogen and oxygen atoms in total. The molecule has 0 aliphatic carbocycles. The fraction of sp³-hybridized carbons (Fsp3) is 0.185. The molecule has 2 aliphatic rings. The molecule has 2 aliphatic heterocycles. The van der Waals surface area contributed by atoms with Crippen molar-refractivity contribution in [3.8, 4) is 17.0 Å². The van der Waals surface area contributed by atoms with E-state index in [0.717, 1.165) is 41.2 Å². The summed E-state index contributed by atoms with van der Waals surface area (Å²) >= 11 is 0. The van der Waals surface area contributed by atoms with Crippen molar-refractivity contribution >= 4 is 28.7 Å². The summed E-state index contributed by atoms with van der Waals surface area (Å²) in [6.45, 7) is 0.551. The lowest BCUT2D eigenvalue weighted by Gasteiger charge is -2.24. The van der Waals surface area contributed by atoms with E-state index >= 15 is 0 Å². The number of H-pyrrole nitrogens is 1. The molecule has 176 valence electrons. The van der Waals surface area contributed by atoms with Gasteiger partial charge in [0.15, 0.2) is 11.6 Å². The van der Waals surface area contributed by atoms with Crippen molar-refractivity contribution in [2.75, 3.05) is 24.3 Å². The first-order valence-electron chi connectivity index (χ1n) is 11.6. The fourth-order valence-corrected chi connectivity index (χ4v) is 5.00. The lowest BCUT2D eigenvalue weighted by molar-refractivity contribution is 0.0940. The first-order valence-corrected chi connectivity index (χ1v) is 11.6. The predicted molar refractivity (Wildman–Crippen MR) is 133 cm³/mol. The molecule has 2 aromatic heterocycles. The minimum Gasteiger partial charge on any atom is -0.492 e. The zero-order chi connectivity index (χ0) is 23.9. The lowest BCUT2D eigenvalue weighted by Crippen LogP contribution is -2.35. The molecule has 2 aromatic carbocycles. The Morgan fingerprint density at radius 3 is 2.94 bits per heavy atom. The van der Waals surface area contributed by atoms with Gasteiger partial charge in [0.2, 0.25) is 0 Å². The summed E-state index contributed by atoms with van der Waals surface area (Å²) in [6, 6.07) is 14.9. The van der Waals surface area contributed by atoms with Crippen LogP contribution in [-0.2, 0) is 6.42 Å². The highest BCUT2D eigenvalue weighted by Gasteiger charge is 2.33. The summed E-state index contributed by atoms with van der Waals surface area (Å²) in [5.41, 5.74) is 6.96. The van der Waals surface area contributed by atoms with Crippen molar-refractivity contribution in [1.29, 1.82) is 0 Å². The third-order valence-corrected chi connectivity index (χ3v) is 6.68. The minimum absolute atomic E-state index is 0.0863. The van der Waals surface area contributed by atoms with Crippen LogP contribution in [0.1, 0.15) is 34.0 Å². The van der Waals surface area contributed by atoms with E-state index in [0.29, 0.717) is 23.5 Å². The number of carbonyl (C=O) groups excluding carboxylic acids is 1. The molecule has 0 fully saturated rings. The summed E-state index contributed by atoms with van der Waals surface area (Å²) in [7, 11) is 1.42. The maximum absolute atomic E-state index is 14.5. The number of benzene rings is 2. The van der Waals surface area contributed by atoms with Crippen molar-refractivity contribution in [2.45, 2.75) is 18.8 Å². The van der Waals surface area contributed by atoms with Gasteiger partial charge in [-0.3, -0.25) is 9.78 Å². The number of ether oxygens (including phenoxy) is 1. The summed E-state index contributed by atoms with van der Waals surface area (Å²) in [4.78, 5) is 21.1. The number of rotatable bonds is 3. The number of aromatic nitrogens is 2. The summed E-state index contributed by atoms with van der Waals surface area (Å²) in [5.74, 6) is -0.464. The summed E-state index contributed by atoms with van der Waals surface area (Å²) in [6.07, 6.45) is 5.21. The van der Waals surface area contributed by atoms with Gasteiger partial charge in [-0.05, 0) is 48.7 Å². The number of anilines is 4. The molecule has 1 atom stereocenters. The number of hydrogen-bond donors (Lipinski definition) is 4. The number of hydrogen-bond acceptors (Lipinski definition) is 5. The molecule has 0 saturated heterocycles. The molecule has 0 spiro atoms. The molecule has 1 unspecified atom stereocenters. The Morgan fingerprint density at radius 1 is 1.17 bits per heavy atom. The first-order chi connectivity index (χ1) is 17.1. The van der Waals surface area contributed by atoms with Gasteiger partial charge < -0.3 is 25.7 Å². The Hall–Kier alpha value is -4.33. The number of pyridine rings is 1. The molecule has 0 radical (unpaired) electrons. The molecule has 0 saturated carbocycles. The highest BCUT2D eigenvalue weighted by Crippen LogP contribution is 2.44. The fourth-order valence-electron chi connectivity index (χ4n) is 5.00. The number of carbonyl (C=O) groups is 1. The molecule has 4 N–H and O–H groups in total. The minimum atomic E-state index is -0.484. The smallest absolute Gasteiger partial charge is 0.255 e. The average Bonchev–Trinajstić information content (AvgIpc) is 3.24. The first kappa shape index (κ1) is 21.2. The second-order valence-electron chi connectivity index (χ2n) is 8.80. The van der Waals surface area contributed by atoms with Gasteiger partial charge in [-0.25, -0.2) is 4.39 Å². The van der Waals surface area contributed by atoms with Gasteiger partial charge in [0, 0.05) is 35.6 Å². The number of methoxy groups -OCH3 is 1. The number of nitrogens with one attached hydrogen (secondary N) is 4. The van der Waals surface area contributed by atoms with Crippen LogP contribution in [-0.4, -0.2) is 29.5 Å². The molecular weight excluding hydrogens is 445 g/mol. The summed E-state index contributed by atoms with van der Waals surface area (Å²) in [5, 5.41) is 9.85. The third-order valence-electron chi connectivity index (χ3n) is 6.68. The van der Waals surface area contributed by atoms with Crippen LogP contribution >= 0.6 is 0 Å². The van der Waals surface area contributed by atoms with Gasteiger partial charge in [-0.1, -0.05) is 18.2 Å². The maximum atomic E-state index is 14.5. The van der Waals surface area contributed by atoms with Crippen LogP contribution in [0.3, 0.4) is 0 Å². The van der Waals surface area contributed by atoms with Crippen molar-refractivity contribution < 1.29 is 13.9 Å². The quantitative estimate of drug-likeness (QED) is 0.319. The number of aromatic amines is 1. The van der Waals surface area contributed by atoms with E-state index in [2.05, 4.69) is 38.1 Å². The highest BCUT2D eigenvalue weighted by atomic mass is 19.1. The van der Waals surface area contributed by atoms with Crippen LogP contribution in [0.25, 0.3) is 11.3 Å². The highest BCUT2D eigenvalue weighted by molar-refractivity contribution is 6.07. The number of halogens is 1. The van der Waals surface area contributed by atoms with E-state index in [-0.39, 0.29) is 17.6 Å². The number of para-hydroxylation sites is 1. The topological polar surface area (TPSA) is 91.1 Å². The van der Waals surface area contributed by atoms with E-state index in [9.17, 15) is 9.18 Å². The molecule has 4 aromatic rings. The van der Waals surface area contributed by atoms with E-state index in [1.165, 1.54) is 18.7 Å². The molecule has 4 heterocycles. The van der Waals surface area contributed by atoms with Crippen LogP contribution in [0.5, 0.6) is 5.75 Å². The second kappa shape index (κ2) is 8.47. The van der Waals surface area contributed by atoms with Crippen molar-refractivity contribution in [1.82, 2.24) is 15.3 Å². The van der Waals surface area contributed by atoms with Crippen LogP contribution in [0.2, 0.25) is 0 Å². The number of nitrogens with zero attached hydrogens (tertiary/aromatic N) is 1. The Morgan fingerprint density at radius 2 is 2.06 bits per heavy atom. The van der Waals surface area contributed by atoms with Gasteiger partial charge in [-0.15, -0.1) is 0 Å². The molecule has 6 rings (SSSR count). The van der Waals surface area contributed by atoms with Gasteiger partial charge in [0.1, 0.15) is 0 Å². The van der Waals surface area contributed by atoms with Gasteiger partial charge in [0.05, 0.1) is 41.6 Å². The number of aryl methyl sites for hydroxylation is 1. The van der Waals surface area contributed by atoms with Crippen LogP contribution in [0.4, 0.5) is 27.1 Å². The Kier molecular flexibility index (Phi) is 5.13. The zero-order valence-electron chi connectivity index (χ0n) is 19.1. The van der Waals surface area contributed by atoms with E-state index < -0.39 is 5.82 Å². The summed E-state index contributed by atoms with van der Waals surface area (Å²) < 4.78 is 19.8. The molecule has 8 heteroatoms. The Bertz CT molecular complexity index is 1450. The number of amides is 1. The molecule has 35 heavy (non-hydrogen) atoms. The Balaban J connectivity index is 1.59.